The zero-order valence-corrected chi connectivity index (χ0v) is 14.5. The molecule has 6 heteroatoms. The van der Waals surface area contributed by atoms with Gasteiger partial charge >= 0.3 is 0 Å². The summed E-state index contributed by atoms with van der Waals surface area (Å²) in [5.41, 5.74) is 1.39. The van der Waals surface area contributed by atoms with Gasteiger partial charge in [0.05, 0.1) is 25.2 Å². The second-order valence-corrected chi connectivity index (χ2v) is 7.26. The Bertz CT molecular complexity index is 697. The van der Waals surface area contributed by atoms with Gasteiger partial charge in [0.15, 0.2) is 0 Å². The molecule has 2 fully saturated rings. The van der Waals surface area contributed by atoms with Crippen LogP contribution in [0.1, 0.15) is 43.6 Å². The van der Waals surface area contributed by atoms with Crippen LogP contribution in [0, 0.1) is 0 Å². The van der Waals surface area contributed by atoms with Gasteiger partial charge in [-0.2, -0.15) is 0 Å². The Morgan fingerprint density at radius 1 is 1.36 bits per heavy atom. The number of fused-ring (bicyclic) bond motifs is 1. The first-order chi connectivity index (χ1) is 12.1. The molecule has 2 heterocycles. The highest BCUT2D eigenvalue weighted by molar-refractivity contribution is 6.01. The number of morpholine rings is 1. The number of ether oxygens (including phenoxy) is 2. The molecule has 4 rings (SSSR count). The van der Waals surface area contributed by atoms with Crippen molar-refractivity contribution in [3.05, 3.63) is 23.8 Å². The molecule has 1 atom stereocenters. The minimum atomic E-state index is -0.449. The second-order valence-electron chi connectivity index (χ2n) is 7.26. The van der Waals surface area contributed by atoms with Gasteiger partial charge in [-0.1, -0.05) is 12.8 Å². The number of hydrogen-bond donors (Lipinski definition) is 1. The molecular formula is C19H24N2O4. The molecule has 0 aromatic heterocycles. The van der Waals surface area contributed by atoms with Crippen molar-refractivity contribution in [2.45, 2.75) is 43.6 Å². The lowest BCUT2D eigenvalue weighted by Crippen LogP contribution is -2.53. The topological polar surface area (TPSA) is 67.9 Å². The van der Waals surface area contributed by atoms with Crippen molar-refractivity contribution >= 4 is 17.5 Å². The van der Waals surface area contributed by atoms with Crippen molar-refractivity contribution in [2.75, 3.05) is 32.1 Å². The Hall–Kier alpha value is -2.08. The van der Waals surface area contributed by atoms with Crippen LogP contribution in [0.5, 0.6) is 5.75 Å². The quantitative estimate of drug-likeness (QED) is 0.894. The predicted molar refractivity (Wildman–Crippen MR) is 92.7 cm³/mol. The summed E-state index contributed by atoms with van der Waals surface area (Å²) in [5.74, 6) is 0.163. The van der Waals surface area contributed by atoms with Crippen LogP contribution < -0.4 is 10.1 Å². The third kappa shape index (κ3) is 2.99. The number of nitrogens with one attached hydrogen (secondary N) is 1. The van der Waals surface area contributed by atoms with Gasteiger partial charge in [-0.3, -0.25) is 9.59 Å². The fraction of sp³-hybridized carbons (Fsp3) is 0.579. The maximum Gasteiger partial charge on any atom is 0.230 e. The van der Waals surface area contributed by atoms with E-state index in [1.54, 1.807) is 13.2 Å². The van der Waals surface area contributed by atoms with Crippen molar-refractivity contribution in [3.8, 4) is 5.75 Å². The van der Waals surface area contributed by atoms with Crippen molar-refractivity contribution in [3.63, 3.8) is 0 Å². The van der Waals surface area contributed by atoms with E-state index >= 15 is 0 Å². The van der Waals surface area contributed by atoms with Crippen LogP contribution >= 0.6 is 0 Å². The largest absolute Gasteiger partial charge is 0.497 e. The summed E-state index contributed by atoms with van der Waals surface area (Å²) >= 11 is 0. The van der Waals surface area contributed by atoms with Crippen LogP contribution in [0.25, 0.3) is 0 Å². The number of amides is 2. The maximum atomic E-state index is 13.3. The molecule has 134 valence electrons. The first-order valence-corrected chi connectivity index (χ1v) is 9.01. The van der Waals surface area contributed by atoms with Crippen LogP contribution in [-0.4, -0.2) is 49.1 Å². The molecule has 0 unspecified atom stereocenters. The number of nitrogens with zero attached hydrogens (tertiary/aromatic N) is 1. The zero-order chi connectivity index (χ0) is 17.4. The summed E-state index contributed by atoms with van der Waals surface area (Å²) < 4.78 is 11.3. The fourth-order valence-corrected chi connectivity index (χ4v) is 4.36. The lowest BCUT2D eigenvalue weighted by atomic mass is 9.88. The number of rotatable bonds is 2. The van der Waals surface area contributed by atoms with E-state index in [4.69, 9.17) is 9.47 Å². The molecule has 1 saturated heterocycles. The van der Waals surface area contributed by atoms with Crippen molar-refractivity contribution < 1.29 is 19.1 Å². The van der Waals surface area contributed by atoms with E-state index in [-0.39, 0.29) is 23.8 Å². The molecule has 1 aromatic rings. The molecule has 3 aliphatic rings. The Kier molecular flexibility index (Phi) is 4.15. The number of methoxy groups -OCH3 is 1. The van der Waals surface area contributed by atoms with Gasteiger partial charge in [0.25, 0.3) is 0 Å². The van der Waals surface area contributed by atoms with Crippen molar-refractivity contribution in [2.24, 2.45) is 0 Å². The summed E-state index contributed by atoms with van der Waals surface area (Å²) in [7, 11) is 1.60. The molecule has 2 aliphatic heterocycles. The molecule has 2 amide bonds. The molecule has 1 aromatic carbocycles. The van der Waals surface area contributed by atoms with Gasteiger partial charge in [0.1, 0.15) is 5.75 Å². The third-order valence-corrected chi connectivity index (χ3v) is 5.67. The molecule has 0 bridgehead atoms. The Morgan fingerprint density at radius 3 is 2.92 bits per heavy atom. The Balaban J connectivity index is 1.60. The second kappa shape index (κ2) is 6.33. The normalized spacial score (nSPS) is 24.8. The predicted octanol–water partition coefficient (Wildman–Crippen LogP) is 2.29. The summed E-state index contributed by atoms with van der Waals surface area (Å²) in [4.78, 5) is 27.2. The Morgan fingerprint density at radius 2 is 2.16 bits per heavy atom. The van der Waals surface area contributed by atoms with Crippen LogP contribution in [0.15, 0.2) is 18.2 Å². The summed E-state index contributed by atoms with van der Waals surface area (Å²) in [5, 5.41) is 2.86. The number of carbonyl (C=O) groups is 2. The van der Waals surface area contributed by atoms with Gasteiger partial charge in [-0.05, 0) is 36.6 Å². The molecule has 1 saturated carbocycles. The van der Waals surface area contributed by atoms with E-state index in [1.807, 2.05) is 17.0 Å². The van der Waals surface area contributed by atoms with E-state index in [0.29, 0.717) is 31.1 Å². The van der Waals surface area contributed by atoms with Gasteiger partial charge in [-0.15, -0.1) is 0 Å². The Labute approximate surface area is 147 Å². The van der Waals surface area contributed by atoms with Gasteiger partial charge in [0.2, 0.25) is 11.8 Å². The average molecular weight is 344 g/mol. The maximum absolute atomic E-state index is 13.3. The van der Waals surface area contributed by atoms with Crippen molar-refractivity contribution in [1.82, 2.24) is 4.90 Å². The lowest BCUT2D eigenvalue weighted by Gasteiger charge is -2.42. The van der Waals surface area contributed by atoms with E-state index in [9.17, 15) is 9.59 Å². The van der Waals surface area contributed by atoms with E-state index in [2.05, 4.69) is 5.32 Å². The van der Waals surface area contributed by atoms with E-state index in [1.165, 1.54) is 0 Å². The molecule has 25 heavy (non-hydrogen) atoms. The summed E-state index contributed by atoms with van der Waals surface area (Å²) in [6, 6.07) is 5.47. The molecule has 1 N–H and O–H groups in total. The number of carbonyl (C=O) groups excluding carboxylic acids is 2. The van der Waals surface area contributed by atoms with Gasteiger partial charge in [-0.25, -0.2) is 0 Å². The van der Waals surface area contributed by atoms with Crippen LogP contribution in [0.4, 0.5) is 5.69 Å². The minimum absolute atomic E-state index is 0.0268. The highest BCUT2D eigenvalue weighted by atomic mass is 16.5. The highest BCUT2D eigenvalue weighted by Gasteiger charge is 2.43. The highest BCUT2D eigenvalue weighted by Crippen LogP contribution is 2.39. The average Bonchev–Trinajstić information content (AvgIpc) is 3.07. The smallest absolute Gasteiger partial charge is 0.230 e. The standard InChI is InChI=1S/C19H24N2O4/c1-24-13-4-5-16-14(10-13)15(11-17(22)20-16)18(23)21-8-9-25-19(12-21)6-2-3-7-19/h4-5,10,15H,2-3,6-9,11-12H2,1H3,(H,20,22)/t15-/m1/s1. The monoisotopic (exact) mass is 344 g/mol. The first-order valence-electron chi connectivity index (χ1n) is 9.01. The number of anilines is 1. The van der Waals surface area contributed by atoms with E-state index in [0.717, 1.165) is 31.2 Å². The molecule has 1 aliphatic carbocycles. The minimum Gasteiger partial charge on any atom is -0.497 e. The van der Waals surface area contributed by atoms with Crippen LogP contribution in [0.2, 0.25) is 0 Å². The van der Waals surface area contributed by atoms with Gasteiger partial charge in [0, 0.05) is 25.2 Å². The van der Waals surface area contributed by atoms with E-state index < -0.39 is 5.92 Å². The molecule has 1 spiro atoms. The lowest BCUT2D eigenvalue weighted by molar-refractivity contribution is -0.152. The fourth-order valence-electron chi connectivity index (χ4n) is 4.36. The summed E-state index contributed by atoms with van der Waals surface area (Å²) in [6.45, 7) is 1.82. The van der Waals surface area contributed by atoms with Crippen LogP contribution in [0.3, 0.4) is 0 Å². The van der Waals surface area contributed by atoms with Gasteiger partial charge < -0.3 is 19.7 Å². The van der Waals surface area contributed by atoms with Crippen molar-refractivity contribution in [1.29, 1.82) is 0 Å². The number of benzene rings is 1. The van der Waals surface area contributed by atoms with Crippen LogP contribution in [-0.2, 0) is 14.3 Å². The third-order valence-electron chi connectivity index (χ3n) is 5.67. The SMILES string of the molecule is COc1ccc2c(c1)[C@H](C(=O)N1CCOC3(CCCC3)C1)CC(=O)N2. The first kappa shape index (κ1) is 16.4. The summed E-state index contributed by atoms with van der Waals surface area (Å²) in [6.07, 6.45) is 4.55. The zero-order valence-electron chi connectivity index (χ0n) is 14.5. The molecule has 0 radical (unpaired) electrons. The molecular weight excluding hydrogens is 320 g/mol. The molecule has 6 nitrogen and oxygen atoms in total. The number of hydrogen-bond acceptors (Lipinski definition) is 4.